The van der Waals surface area contributed by atoms with Gasteiger partial charge < -0.3 is 5.32 Å². The summed E-state index contributed by atoms with van der Waals surface area (Å²) in [5.41, 5.74) is 0. The SMILES string of the molecule is Clc1cc(Cl)c(NCCC2CCCCC2)nc1Cl. The molecule has 1 heterocycles. The lowest BCUT2D eigenvalue weighted by Gasteiger charge is -2.21. The molecule has 1 aliphatic carbocycles. The first kappa shape index (κ1) is 14.2. The van der Waals surface area contributed by atoms with Gasteiger partial charge in [0.2, 0.25) is 0 Å². The van der Waals surface area contributed by atoms with E-state index in [-0.39, 0.29) is 0 Å². The Morgan fingerprint density at radius 2 is 1.83 bits per heavy atom. The van der Waals surface area contributed by atoms with Crippen molar-refractivity contribution in [3.8, 4) is 0 Å². The van der Waals surface area contributed by atoms with Gasteiger partial charge in [0.15, 0.2) is 0 Å². The Labute approximate surface area is 123 Å². The second kappa shape index (κ2) is 6.83. The predicted octanol–water partition coefficient (Wildman–Crippen LogP) is 5.42. The standard InChI is InChI=1S/C13H17Cl3N2/c14-10-8-11(15)13(18-12(10)16)17-7-6-9-4-2-1-3-5-9/h8-9H,1-7H2,(H,17,18). The molecule has 2 nitrogen and oxygen atoms in total. The van der Waals surface area contributed by atoms with Crippen molar-refractivity contribution in [2.24, 2.45) is 5.92 Å². The molecule has 1 saturated carbocycles. The monoisotopic (exact) mass is 306 g/mol. The summed E-state index contributed by atoms with van der Waals surface area (Å²) >= 11 is 17.8. The van der Waals surface area contributed by atoms with Gasteiger partial charge in [-0.15, -0.1) is 0 Å². The van der Waals surface area contributed by atoms with E-state index in [1.54, 1.807) is 6.07 Å². The zero-order chi connectivity index (χ0) is 13.0. The van der Waals surface area contributed by atoms with Gasteiger partial charge in [-0.25, -0.2) is 4.98 Å². The summed E-state index contributed by atoms with van der Waals surface area (Å²) in [6, 6.07) is 1.63. The zero-order valence-corrected chi connectivity index (χ0v) is 12.5. The third-order valence-corrected chi connectivity index (χ3v) is 4.42. The maximum Gasteiger partial charge on any atom is 0.150 e. The van der Waals surface area contributed by atoms with Crippen LogP contribution in [0, 0.1) is 5.92 Å². The van der Waals surface area contributed by atoms with Gasteiger partial charge in [0, 0.05) is 6.54 Å². The summed E-state index contributed by atoms with van der Waals surface area (Å²) < 4.78 is 0. The van der Waals surface area contributed by atoms with E-state index in [1.807, 2.05) is 0 Å². The molecule has 0 aromatic carbocycles. The first-order valence-corrected chi connectivity index (χ1v) is 7.55. The van der Waals surface area contributed by atoms with Crippen LogP contribution in [0.25, 0.3) is 0 Å². The van der Waals surface area contributed by atoms with E-state index >= 15 is 0 Å². The fourth-order valence-corrected chi connectivity index (χ4v) is 3.00. The number of anilines is 1. The Bertz CT molecular complexity index is 403. The minimum absolute atomic E-state index is 0.293. The highest BCUT2D eigenvalue weighted by Gasteiger charge is 2.13. The highest BCUT2D eigenvalue weighted by atomic mass is 35.5. The zero-order valence-electron chi connectivity index (χ0n) is 10.2. The highest BCUT2D eigenvalue weighted by Crippen LogP contribution is 2.30. The first-order valence-electron chi connectivity index (χ1n) is 6.42. The molecule has 0 radical (unpaired) electrons. The topological polar surface area (TPSA) is 24.9 Å². The molecule has 1 aromatic rings. The summed E-state index contributed by atoms with van der Waals surface area (Å²) in [7, 11) is 0. The van der Waals surface area contributed by atoms with Gasteiger partial charge in [0.25, 0.3) is 0 Å². The molecule has 0 aliphatic heterocycles. The molecule has 1 aromatic heterocycles. The molecule has 0 spiro atoms. The molecule has 1 fully saturated rings. The minimum Gasteiger partial charge on any atom is -0.369 e. The molecule has 100 valence electrons. The number of hydrogen-bond acceptors (Lipinski definition) is 2. The Morgan fingerprint density at radius 1 is 1.11 bits per heavy atom. The van der Waals surface area contributed by atoms with Gasteiger partial charge in [-0.05, 0) is 18.4 Å². The van der Waals surface area contributed by atoms with Crippen LogP contribution in [0.15, 0.2) is 6.07 Å². The average molecular weight is 308 g/mol. The Balaban J connectivity index is 1.84. The van der Waals surface area contributed by atoms with Crippen LogP contribution in [0.1, 0.15) is 38.5 Å². The number of halogens is 3. The molecule has 2 rings (SSSR count). The number of rotatable bonds is 4. The molecule has 0 amide bonds. The van der Waals surface area contributed by atoms with Gasteiger partial charge in [0.1, 0.15) is 11.0 Å². The molecular formula is C13H17Cl3N2. The van der Waals surface area contributed by atoms with Crippen LogP contribution in [0.3, 0.4) is 0 Å². The largest absolute Gasteiger partial charge is 0.369 e. The van der Waals surface area contributed by atoms with Crippen molar-refractivity contribution in [2.45, 2.75) is 38.5 Å². The van der Waals surface area contributed by atoms with Crippen molar-refractivity contribution < 1.29 is 0 Å². The van der Waals surface area contributed by atoms with Gasteiger partial charge in [-0.1, -0.05) is 66.9 Å². The molecule has 0 saturated heterocycles. The Kier molecular flexibility index (Phi) is 5.40. The van der Waals surface area contributed by atoms with E-state index in [9.17, 15) is 0 Å². The summed E-state index contributed by atoms with van der Waals surface area (Å²) in [4.78, 5) is 4.15. The van der Waals surface area contributed by atoms with Crippen LogP contribution < -0.4 is 5.32 Å². The lowest BCUT2D eigenvalue weighted by Crippen LogP contribution is -2.13. The first-order chi connectivity index (χ1) is 8.66. The number of pyridine rings is 1. The van der Waals surface area contributed by atoms with E-state index in [0.717, 1.165) is 18.9 Å². The van der Waals surface area contributed by atoms with E-state index in [1.165, 1.54) is 32.1 Å². The lowest BCUT2D eigenvalue weighted by atomic mass is 9.87. The summed E-state index contributed by atoms with van der Waals surface area (Å²) in [6.45, 7) is 0.884. The van der Waals surface area contributed by atoms with Gasteiger partial charge in [-0.2, -0.15) is 0 Å². The molecular weight excluding hydrogens is 291 g/mol. The van der Waals surface area contributed by atoms with Gasteiger partial charge >= 0.3 is 0 Å². The Hall–Kier alpha value is -0.180. The molecule has 0 bridgehead atoms. The van der Waals surface area contributed by atoms with Crippen LogP contribution >= 0.6 is 34.8 Å². The number of hydrogen-bond donors (Lipinski definition) is 1. The molecule has 18 heavy (non-hydrogen) atoms. The quantitative estimate of drug-likeness (QED) is 0.751. The fraction of sp³-hybridized carbons (Fsp3) is 0.615. The lowest BCUT2D eigenvalue weighted by molar-refractivity contribution is 0.345. The number of aromatic nitrogens is 1. The van der Waals surface area contributed by atoms with Crippen LogP contribution in [0.4, 0.5) is 5.82 Å². The third kappa shape index (κ3) is 3.91. The summed E-state index contributed by atoms with van der Waals surface area (Å²) in [6.07, 6.45) is 8.00. The minimum atomic E-state index is 0.293. The smallest absolute Gasteiger partial charge is 0.150 e. The fourth-order valence-electron chi connectivity index (χ4n) is 2.44. The highest BCUT2D eigenvalue weighted by molar-refractivity contribution is 6.42. The van der Waals surface area contributed by atoms with E-state index in [0.29, 0.717) is 21.0 Å². The molecule has 1 aliphatic rings. The predicted molar refractivity (Wildman–Crippen MR) is 78.9 cm³/mol. The van der Waals surface area contributed by atoms with Crippen molar-refractivity contribution in [1.29, 1.82) is 0 Å². The van der Waals surface area contributed by atoms with Crippen LogP contribution in [-0.2, 0) is 0 Å². The van der Waals surface area contributed by atoms with Gasteiger partial charge in [0.05, 0.1) is 10.0 Å². The molecule has 1 N–H and O–H groups in total. The van der Waals surface area contributed by atoms with Gasteiger partial charge in [-0.3, -0.25) is 0 Å². The normalized spacial score (nSPS) is 16.8. The van der Waals surface area contributed by atoms with Crippen molar-refractivity contribution in [1.82, 2.24) is 4.98 Å². The van der Waals surface area contributed by atoms with Crippen LogP contribution in [-0.4, -0.2) is 11.5 Å². The molecule has 0 atom stereocenters. The number of nitrogens with zero attached hydrogens (tertiary/aromatic N) is 1. The maximum atomic E-state index is 6.05. The second-order valence-electron chi connectivity index (χ2n) is 4.81. The Morgan fingerprint density at radius 3 is 2.56 bits per heavy atom. The van der Waals surface area contributed by atoms with Crippen molar-refractivity contribution in [3.63, 3.8) is 0 Å². The van der Waals surface area contributed by atoms with Crippen molar-refractivity contribution in [2.75, 3.05) is 11.9 Å². The summed E-state index contributed by atoms with van der Waals surface area (Å²) in [5, 5.41) is 4.44. The second-order valence-corrected chi connectivity index (χ2v) is 5.98. The van der Waals surface area contributed by atoms with E-state index in [4.69, 9.17) is 34.8 Å². The van der Waals surface area contributed by atoms with Crippen LogP contribution in [0.5, 0.6) is 0 Å². The summed E-state index contributed by atoms with van der Waals surface area (Å²) in [5.74, 6) is 1.47. The van der Waals surface area contributed by atoms with Crippen LogP contribution in [0.2, 0.25) is 15.2 Å². The molecule has 0 unspecified atom stereocenters. The van der Waals surface area contributed by atoms with Crippen molar-refractivity contribution >= 4 is 40.6 Å². The van der Waals surface area contributed by atoms with Crippen molar-refractivity contribution in [3.05, 3.63) is 21.3 Å². The average Bonchev–Trinajstić information content (AvgIpc) is 2.37. The number of nitrogens with one attached hydrogen (secondary N) is 1. The molecule has 5 heteroatoms. The third-order valence-electron chi connectivity index (χ3n) is 3.46. The van der Waals surface area contributed by atoms with E-state index in [2.05, 4.69) is 10.3 Å². The maximum absolute atomic E-state index is 6.05. The van der Waals surface area contributed by atoms with E-state index < -0.39 is 0 Å².